The second kappa shape index (κ2) is 6.29. The molecule has 0 saturated carbocycles. The van der Waals surface area contributed by atoms with E-state index >= 15 is 0 Å². The molecule has 1 aromatic rings. The zero-order chi connectivity index (χ0) is 13.7. The van der Waals surface area contributed by atoms with Gasteiger partial charge >= 0.3 is 0 Å². The number of para-hydroxylation sites is 1. The van der Waals surface area contributed by atoms with Crippen LogP contribution < -0.4 is 4.90 Å². The Kier molecular flexibility index (Phi) is 4.46. The van der Waals surface area contributed by atoms with Gasteiger partial charge in [-0.1, -0.05) is 18.2 Å². The summed E-state index contributed by atoms with van der Waals surface area (Å²) in [6.45, 7) is 2.47. The quantitative estimate of drug-likeness (QED) is 0.752. The smallest absolute Gasteiger partial charge is 0.223 e. The highest BCUT2D eigenvalue weighted by atomic mass is 16.2. The van der Waals surface area contributed by atoms with Gasteiger partial charge in [-0.3, -0.25) is 4.79 Å². The highest BCUT2D eigenvalue weighted by Crippen LogP contribution is 2.17. The Morgan fingerprint density at radius 2 is 2.16 bits per heavy atom. The molecule has 19 heavy (non-hydrogen) atoms. The Bertz CT molecular complexity index is 463. The molecule has 1 fully saturated rings. The molecule has 3 nitrogen and oxygen atoms in total. The van der Waals surface area contributed by atoms with E-state index in [1.54, 1.807) is 0 Å². The summed E-state index contributed by atoms with van der Waals surface area (Å²) in [5.41, 5.74) is 1.21. The molecule has 0 aliphatic carbocycles. The van der Waals surface area contributed by atoms with Gasteiger partial charge in [-0.25, -0.2) is 0 Å². The molecule has 1 aliphatic heterocycles. The maximum atomic E-state index is 11.7. The van der Waals surface area contributed by atoms with Gasteiger partial charge in [0.25, 0.3) is 0 Å². The van der Waals surface area contributed by atoms with Gasteiger partial charge in [0.15, 0.2) is 0 Å². The lowest BCUT2D eigenvalue weighted by molar-refractivity contribution is -0.127. The van der Waals surface area contributed by atoms with Crippen LogP contribution in [0.5, 0.6) is 0 Å². The Labute approximate surface area is 115 Å². The van der Waals surface area contributed by atoms with Crippen LogP contribution in [0.2, 0.25) is 0 Å². The zero-order valence-electron chi connectivity index (χ0n) is 11.4. The van der Waals surface area contributed by atoms with E-state index in [1.165, 1.54) is 5.69 Å². The number of nitrogens with zero attached hydrogens (tertiary/aromatic N) is 2. The second-order valence-corrected chi connectivity index (χ2v) is 5.02. The fourth-order valence-corrected chi connectivity index (χ4v) is 2.41. The lowest BCUT2D eigenvalue weighted by Crippen LogP contribution is -2.29. The van der Waals surface area contributed by atoms with Crippen molar-refractivity contribution < 1.29 is 4.79 Å². The van der Waals surface area contributed by atoms with E-state index in [0.717, 1.165) is 26.1 Å². The molecule has 1 aliphatic rings. The van der Waals surface area contributed by atoms with Crippen LogP contribution in [0, 0.1) is 18.3 Å². The highest BCUT2D eigenvalue weighted by Gasteiger charge is 2.27. The van der Waals surface area contributed by atoms with Gasteiger partial charge in [0.2, 0.25) is 5.91 Å². The van der Waals surface area contributed by atoms with Crippen molar-refractivity contribution in [3.63, 3.8) is 0 Å². The molecule has 1 heterocycles. The Morgan fingerprint density at radius 3 is 2.79 bits per heavy atom. The van der Waals surface area contributed by atoms with Crippen molar-refractivity contribution in [1.29, 1.82) is 0 Å². The fraction of sp³-hybridized carbons (Fsp3) is 0.438. The number of likely N-dealkylation sites (tertiary alicyclic amines) is 1. The van der Waals surface area contributed by atoms with Crippen molar-refractivity contribution in [2.45, 2.75) is 12.8 Å². The number of benzene rings is 1. The summed E-state index contributed by atoms with van der Waals surface area (Å²) in [7, 11) is 2.07. The number of amides is 1. The minimum absolute atomic E-state index is 0.111. The van der Waals surface area contributed by atoms with E-state index < -0.39 is 0 Å². The van der Waals surface area contributed by atoms with Gasteiger partial charge in [-0.2, -0.15) is 0 Å². The van der Waals surface area contributed by atoms with E-state index in [1.807, 2.05) is 23.1 Å². The molecular formula is C16H20N2O. The largest absolute Gasteiger partial charge is 0.375 e. The number of rotatable bonds is 5. The van der Waals surface area contributed by atoms with E-state index in [4.69, 9.17) is 6.42 Å². The summed E-state index contributed by atoms with van der Waals surface area (Å²) in [6, 6.07) is 10.3. The summed E-state index contributed by atoms with van der Waals surface area (Å²) < 4.78 is 0. The van der Waals surface area contributed by atoms with Crippen molar-refractivity contribution in [3.8, 4) is 12.3 Å². The Balaban J connectivity index is 1.75. The van der Waals surface area contributed by atoms with E-state index in [9.17, 15) is 4.79 Å². The third-order valence-corrected chi connectivity index (χ3v) is 3.57. The van der Waals surface area contributed by atoms with E-state index in [-0.39, 0.29) is 11.8 Å². The predicted octanol–water partition coefficient (Wildman–Crippen LogP) is 1.99. The maximum Gasteiger partial charge on any atom is 0.223 e. The van der Waals surface area contributed by atoms with Gasteiger partial charge < -0.3 is 9.80 Å². The molecule has 0 radical (unpaired) electrons. The van der Waals surface area contributed by atoms with Crippen LogP contribution in [-0.2, 0) is 4.79 Å². The van der Waals surface area contributed by atoms with Crippen LogP contribution in [0.4, 0.5) is 5.69 Å². The fourth-order valence-electron chi connectivity index (χ4n) is 2.41. The third-order valence-electron chi connectivity index (χ3n) is 3.57. The van der Waals surface area contributed by atoms with Gasteiger partial charge in [0.05, 0.1) is 0 Å². The summed E-state index contributed by atoms with van der Waals surface area (Å²) in [5, 5.41) is 0. The molecule has 0 spiro atoms. The molecule has 100 valence electrons. The summed E-state index contributed by atoms with van der Waals surface area (Å²) >= 11 is 0. The minimum Gasteiger partial charge on any atom is -0.375 e. The number of anilines is 1. The predicted molar refractivity (Wildman–Crippen MR) is 77.8 cm³/mol. The standard InChI is InChI=1S/C16H20N2O/c1-3-14-12-16(19)18(13-14)11-7-10-17(2)15-8-5-4-6-9-15/h1,4-6,8-9,14H,7,10-13H2,2H3. The van der Waals surface area contributed by atoms with Crippen LogP contribution in [-0.4, -0.2) is 37.5 Å². The maximum absolute atomic E-state index is 11.7. The van der Waals surface area contributed by atoms with E-state index in [0.29, 0.717) is 6.42 Å². The second-order valence-electron chi connectivity index (χ2n) is 5.02. The molecule has 0 N–H and O–H groups in total. The third kappa shape index (κ3) is 3.51. The molecule has 1 saturated heterocycles. The van der Waals surface area contributed by atoms with Crippen LogP contribution >= 0.6 is 0 Å². The molecule has 0 aromatic heterocycles. The molecular weight excluding hydrogens is 236 g/mol. The molecule has 2 rings (SSSR count). The first-order chi connectivity index (χ1) is 9.20. The SMILES string of the molecule is C#CC1CC(=O)N(CCCN(C)c2ccccc2)C1. The topological polar surface area (TPSA) is 23.6 Å². The van der Waals surface area contributed by atoms with Crippen molar-refractivity contribution in [2.24, 2.45) is 5.92 Å². The summed E-state index contributed by atoms with van der Waals surface area (Å²) in [6.07, 6.45) is 6.86. The lowest BCUT2D eigenvalue weighted by atomic mass is 10.1. The number of hydrogen-bond donors (Lipinski definition) is 0. The van der Waals surface area contributed by atoms with Crippen LogP contribution in [0.3, 0.4) is 0 Å². The van der Waals surface area contributed by atoms with Crippen LogP contribution in [0.25, 0.3) is 0 Å². The first-order valence-corrected chi connectivity index (χ1v) is 6.71. The van der Waals surface area contributed by atoms with Gasteiger partial charge in [0, 0.05) is 44.7 Å². The van der Waals surface area contributed by atoms with Gasteiger partial charge in [-0.15, -0.1) is 12.3 Å². The first-order valence-electron chi connectivity index (χ1n) is 6.71. The van der Waals surface area contributed by atoms with Crippen molar-refractivity contribution in [2.75, 3.05) is 31.6 Å². The van der Waals surface area contributed by atoms with Gasteiger partial charge in [0.1, 0.15) is 0 Å². The molecule has 1 unspecified atom stereocenters. The Hall–Kier alpha value is -1.95. The molecule has 1 aromatic carbocycles. The first kappa shape index (κ1) is 13.5. The van der Waals surface area contributed by atoms with Crippen molar-refractivity contribution in [3.05, 3.63) is 30.3 Å². The molecule has 0 bridgehead atoms. The lowest BCUT2D eigenvalue weighted by Gasteiger charge is -2.21. The summed E-state index contributed by atoms with van der Waals surface area (Å²) in [5.74, 6) is 2.99. The van der Waals surface area contributed by atoms with Crippen molar-refractivity contribution in [1.82, 2.24) is 4.90 Å². The number of hydrogen-bond acceptors (Lipinski definition) is 2. The zero-order valence-corrected chi connectivity index (χ0v) is 11.4. The minimum atomic E-state index is 0.111. The average molecular weight is 256 g/mol. The van der Waals surface area contributed by atoms with Crippen molar-refractivity contribution >= 4 is 11.6 Å². The number of terminal acetylenes is 1. The normalized spacial score (nSPS) is 18.4. The molecule has 3 heteroatoms. The molecule has 1 amide bonds. The van der Waals surface area contributed by atoms with Crippen LogP contribution in [0.1, 0.15) is 12.8 Å². The van der Waals surface area contributed by atoms with Gasteiger partial charge in [-0.05, 0) is 18.6 Å². The average Bonchev–Trinajstić information content (AvgIpc) is 2.80. The monoisotopic (exact) mass is 256 g/mol. The summed E-state index contributed by atoms with van der Waals surface area (Å²) in [4.78, 5) is 15.8. The Morgan fingerprint density at radius 1 is 1.42 bits per heavy atom. The number of carbonyl (C=O) groups is 1. The highest BCUT2D eigenvalue weighted by molar-refractivity contribution is 5.79. The molecule has 1 atom stereocenters. The van der Waals surface area contributed by atoms with E-state index in [2.05, 4.69) is 30.0 Å². The van der Waals surface area contributed by atoms with Crippen LogP contribution in [0.15, 0.2) is 30.3 Å². The number of carbonyl (C=O) groups excluding carboxylic acids is 1.